The van der Waals surface area contributed by atoms with Gasteiger partial charge in [0.25, 0.3) is 0 Å². The molecule has 3 nitrogen and oxygen atoms in total. The molecule has 2 atom stereocenters. The first-order chi connectivity index (χ1) is 8.85. The van der Waals surface area contributed by atoms with Crippen LogP contribution in [0.4, 0.5) is 0 Å². The highest BCUT2D eigenvalue weighted by Crippen LogP contribution is 2.33. The molecule has 2 unspecified atom stereocenters. The van der Waals surface area contributed by atoms with Gasteiger partial charge in [0.05, 0.1) is 5.37 Å². The zero-order valence-electron chi connectivity index (χ0n) is 11.9. The lowest BCUT2D eigenvalue weighted by atomic mass is 10.1. The lowest BCUT2D eigenvalue weighted by Gasteiger charge is -2.22. The molecule has 0 aromatic heterocycles. The molecular formula is C15H21NO2S. The second-order valence-electron chi connectivity index (χ2n) is 5.88. The van der Waals surface area contributed by atoms with E-state index in [2.05, 4.69) is 36.5 Å². The van der Waals surface area contributed by atoms with Crippen molar-refractivity contribution in [3.05, 3.63) is 35.4 Å². The number of thioether (sulfide) groups is 1. The molecule has 1 aromatic rings. The molecular weight excluding hydrogens is 258 g/mol. The number of nitrogens with one attached hydrogen (secondary N) is 1. The van der Waals surface area contributed by atoms with Gasteiger partial charge in [0.2, 0.25) is 0 Å². The summed E-state index contributed by atoms with van der Waals surface area (Å²) in [5.74, 6) is 0.600. The van der Waals surface area contributed by atoms with Gasteiger partial charge in [0.15, 0.2) is 0 Å². The Morgan fingerprint density at radius 1 is 1.32 bits per heavy atom. The van der Waals surface area contributed by atoms with Gasteiger partial charge < -0.3 is 4.74 Å². The van der Waals surface area contributed by atoms with Crippen molar-refractivity contribution >= 4 is 17.7 Å². The summed E-state index contributed by atoms with van der Waals surface area (Å²) in [4.78, 5) is 12.0. The van der Waals surface area contributed by atoms with Crippen molar-refractivity contribution in [1.82, 2.24) is 5.32 Å². The standard InChI is InChI=1S/C15H21NO2S/c1-10-5-7-11(8-6-10)13-16-12(9-19-13)14(17)18-15(2,3)4/h5-8,12-13,16H,9H2,1-4H3. The van der Waals surface area contributed by atoms with Crippen LogP contribution in [-0.4, -0.2) is 23.4 Å². The van der Waals surface area contributed by atoms with Crippen LogP contribution in [0, 0.1) is 6.92 Å². The summed E-state index contributed by atoms with van der Waals surface area (Å²) < 4.78 is 5.41. The van der Waals surface area contributed by atoms with Crippen molar-refractivity contribution in [3.63, 3.8) is 0 Å². The van der Waals surface area contributed by atoms with Crippen LogP contribution in [0.1, 0.15) is 37.3 Å². The van der Waals surface area contributed by atoms with Crippen molar-refractivity contribution in [3.8, 4) is 0 Å². The van der Waals surface area contributed by atoms with E-state index in [1.807, 2.05) is 20.8 Å². The van der Waals surface area contributed by atoms with Gasteiger partial charge in [-0.05, 0) is 33.3 Å². The van der Waals surface area contributed by atoms with Crippen LogP contribution in [-0.2, 0) is 9.53 Å². The molecule has 0 amide bonds. The van der Waals surface area contributed by atoms with Crippen LogP contribution >= 0.6 is 11.8 Å². The van der Waals surface area contributed by atoms with E-state index in [0.29, 0.717) is 0 Å². The first kappa shape index (κ1) is 14.4. The third-order valence-corrected chi connectivity index (χ3v) is 4.12. The predicted octanol–water partition coefficient (Wildman–Crippen LogP) is 3.04. The average Bonchev–Trinajstić information content (AvgIpc) is 2.77. The number of rotatable bonds is 2. The SMILES string of the molecule is Cc1ccc(C2NC(C(=O)OC(C)(C)C)CS2)cc1. The zero-order valence-corrected chi connectivity index (χ0v) is 12.7. The largest absolute Gasteiger partial charge is 0.459 e. The van der Waals surface area contributed by atoms with E-state index in [9.17, 15) is 4.79 Å². The minimum absolute atomic E-state index is 0.158. The van der Waals surface area contributed by atoms with Crippen molar-refractivity contribution in [2.24, 2.45) is 0 Å². The van der Waals surface area contributed by atoms with Crippen molar-refractivity contribution in [1.29, 1.82) is 0 Å². The van der Waals surface area contributed by atoms with Crippen LogP contribution in [0.3, 0.4) is 0 Å². The van der Waals surface area contributed by atoms with Gasteiger partial charge in [-0.3, -0.25) is 10.1 Å². The van der Waals surface area contributed by atoms with Crippen molar-refractivity contribution in [2.45, 2.75) is 44.7 Å². The van der Waals surface area contributed by atoms with Gasteiger partial charge in [-0.15, -0.1) is 11.8 Å². The van der Waals surface area contributed by atoms with Crippen molar-refractivity contribution in [2.75, 3.05) is 5.75 Å². The molecule has 1 aromatic carbocycles. The predicted molar refractivity (Wildman–Crippen MR) is 79.1 cm³/mol. The molecule has 2 rings (SSSR count). The molecule has 0 bridgehead atoms. The summed E-state index contributed by atoms with van der Waals surface area (Å²) in [6.07, 6.45) is 0. The molecule has 1 fully saturated rings. The van der Waals surface area contributed by atoms with E-state index >= 15 is 0 Å². The number of hydrogen-bond acceptors (Lipinski definition) is 4. The number of carbonyl (C=O) groups is 1. The van der Waals surface area contributed by atoms with Crippen LogP contribution in [0.15, 0.2) is 24.3 Å². The van der Waals surface area contributed by atoms with E-state index in [1.165, 1.54) is 11.1 Å². The second kappa shape index (κ2) is 5.55. The zero-order chi connectivity index (χ0) is 14.0. The Morgan fingerprint density at radius 2 is 1.95 bits per heavy atom. The minimum Gasteiger partial charge on any atom is -0.459 e. The Bertz CT molecular complexity index is 450. The second-order valence-corrected chi connectivity index (χ2v) is 7.01. The number of benzene rings is 1. The molecule has 1 aliphatic rings. The summed E-state index contributed by atoms with van der Waals surface area (Å²) in [6, 6.07) is 8.20. The fourth-order valence-electron chi connectivity index (χ4n) is 1.91. The maximum absolute atomic E-state index is 12.0. The van der Waals surface area contributed by atoms with Crippen LogP contribution in [0.2, 0.25) is 0 Å². The Hall–Kier alpha value is -1.00. The fraction of sp³-hybridized carbons (Fsp3) is 0.533. The fourth-order valence-corrected chi connectivity index (χ4v) is 3.14. The Morgan fingerprint density at radius 3 is 2.53 bits per heavy atom. The van der Waals surface area contributed by atoms with E-state index in [0.717, 1.165) is 5.75 Å². The molecule has 0 spiro atoms. The smallest absolute Gasteiger partial charge is 0.324 e. The maximum atomic E-state index is 12.0. The van der Waals surface area contributed by atoms with E-state index < -0.39 is 5.60 Å². The van der Waals surface area contributed by atoms with Gasteiger partial charge in [-0.1, -0.05) is 29.8 Å². The number of esters is 1. The normalized spacial score (nSPS) is 23.4. The van der Waals surface area contributed by atoms with E-state index in [-0.39, 0.29) is 17.4 Å². The molecule has 4 heteroatoms. The third kappa shape index (κ3) is 3.98. The van der Waals surface area contributed by atoms with E-state index in [1.54, 1.807) is 11.8 Å². The molecule has 0 saturated carbocycles. The van der Waals surface area contributed by atoms with Crippen LogP contribution in [0.5, 0.6) is 0 Å². The van der Waals surface area contributed by atoms with Gasteiger partial charge in [-0.25, -0.2) is 0 Å². The number of carbonyl (C=O) groups excluding carboxylic acids is 1. The summed E-state index contributed by atoms with van der Waals surface area (Å²) in [7, 11) is 0. The first-order valence-corrected chi connectivity index (χ1v) is 7.57. The Balaban J connectivity index is 1.96. The van der Waals surface area contributed by atoms with Gasteiger partial charge in [0.1, 0.15) is 11.6 Å². The molecule has 104 valence electrons. The quantitative estimate of drug-likeness (QED) is 0.845. The molecule has 19 heavy (non-hydrogen) atoms. The lowest BCUT2D eigenvalue weighted by molar-refractivity contribution is -0.156. The van der Waals surface area contributed by atoms with Crippen LogP contribution < -0.4 is 5.32 Å². The van der Waals surface area contributed by atoms with Gasteiger partial charge in [0, 0.05) is 5.75 Å². The topological polar surface area (TPSA) is 38.3 Å². The summed E-state index contributed by atoms with van der Waals surface area (Å²) in [6.45, 7) is 7.75. The Labute approximate surface area is 119 Å². The highest BCUT2D eigenvalue weighted by Gasteiger charge is 2.33. The molecule has 0 aliphatic carbocycles. The number of ether oxygens (including phenoxy) is 1. The molecule has 1 N–H and O–H groups in total. The molecule has 1 aliphatic heterocycles. The van der Waals surface area contributed by atoms with Gasteiger partial charge in [-0.2, -0.15) is 0 Å². The first-order valence-electron chi connectivity index (χ1n) is 6.52. The maximum Gasteiger partial charge on any atom is 0.324 e. The monoisotopic (exact) mass is 279 g/mol. The van der Waals surface area contributed by atoms with Gasteiger partial charge >= 0.3 is 5.97 Å². The molecule has 0 radical (unpaired) electrons. The third-order valence-electron chi connectivity index (χ3n) is 2.85. The van der Waals surface area contributed by atoms with Crippen molar-refractivity contribution < 1.29 is 9.53 Å². The highest BCUT2D eigenvalue weighted by atomic mass is 32.2. The number of aryl methyl sites for hydroxylation is 1. The molecule has 1 saturated heterocycles. The minimum atomic E-state index is -0.425. The number of hydrogen-bond donors (Lipinski definition) is 1. The highest BCUT2D eigenvalue weighted by molar-refractivity contribution is 7.99. The van der Waals surface area contributed by atoms with Crippen LogP contribution in [0.25, 0.3) is 0 Å². The summed E-state index contributed by atoms with van der Waals surface area (Å²) in [5.41, 5.74) is 2.03. The summed E-state index contributed by atoms with van der Waals surface area (Å²) >= 11 is 1.75. The van der Waals surface area contributed by atoms with E-state index in [4.69, 9.17) is 4.74 Å². The summed E-state index contributed by atoms with van der Waals surface area (Å²) in [5, 5.41) is 3.52. The Kier molecular flexibility index (Phi) is 4.21. The molecule has 1 heterocycles. The lowest BCUT2D eigenvalue weighted by Crippen LogP contribution is -2.39. The average molecular weight is 279 g/mol.